The number of nitrogens with one attached hydrogen (secondary N) is 3. The van der Waals surface area contributed by atoms with Crippen molar-refractivity contribution in [3.8, 4) is 0 Å². The molecule has 3 N–H and O–H groups in total. The minimum atomic E-state index is -1.70. The van der Waals surface area contributed by atoms with E-state index in [0.29, 0.717) is 11.5 Å². The van der Waals surface area contributed by atoms with Crippen LogP contribution in [0.1, 0.15) is 44.0 Å². The van der Waals surface area contributed by atoms with Crippen LogP contribution in [0.4, 0.5) is 10.5 Å². The number of carbonyl (C=O) groups is 2. The zero-order chi connectivity index (χ0) is 21.7. The fraction of sp³-hybridized carbons (Fsp3) is 0.619. The lowest BCUT2D eigenvalue weighted by Crippen LogP contribution is -2.45. The first-order chi connectivity index (χ1) is 13.5. The Morgan fingerprint density at radius 3 is 2.41 bits per heavy atom. The van der Waals surface area contributed by atoms with Gasteiger partial charge in [0.05, 0.1) is 0 Å². The molecule has 1 fully saturated rings. The molecule has 2 rings (SSSR count). The molecule has 162 valence electrons. The van der Waals surface area contributed by atoms with Gasteiger partial charge in [0.2, 0.25) is 0 Å². The molecule has 1 aromatic carbocycles. The smallest absolute Gasteiger partial charge is 0.333 e. The predicted molar refractivity (Wildman–Crippen MR) is 120 cm³/mol. The number of rotatable bonds is 5. The number of carbonyl (C=O) groups excluding carboxylic acids is 2. The fourth-order valence-corrected chi connectivity index (χ4v) is 4.08. The molecule has 0 bridgehead atoms. The van der Waals surface area contributed by atoms with E-state index in [-0.39, 0.29) is 10.9 Å². The van der Waals surface area contributed by atoms with Gasteiger partial charge in [0.1, 0.15) is 0 Å². The second kappa shape index (κ2) is 9.62. The molecule has 0 saturated carbocycles. The van der Waals surface area contributed by atoms with Gasteiger partial charge in [0.15, 0.2) is 8.32 Å². The highest BCUT2D eigenvalue weighted by Gasteiger charge is 2.37. The lowest BCUT2D eigenvalue weighted by molar-refractivity contribution is 0.0936. The molecule has 0 spiro atoms. The molecule has 1 saturated heterocycles. The Balaban J connectivity index is 1.88. The minimum absolute atomic E-state index is 0.237. The molecular formula is C21H36N4O3Si. The van der Waals surface area contributed by atoms with Crippen molar-refractivity contribution in [1.82, 2.24) is 16.2 Å². The summed E-state index contributed by atoms with van der Waals surface area (Å²) in [5.74, 6) is 0.247. The molecular weight excluding hydrogens is 384 g/mol. The molecule has 0 atom stereocenters. The number of amides is 3. The molecule has 0 aliphatic carbocycles. The fourth-order valence-electron chi connectivity index (χ4n) is 2.99. The molecule has 0 radical (unpaired) electrons. The van der Waals surface area contributed by atoms with Crippen LogP contribution in [0, 0.1) is 5.92 Å². The van der Waals surface area contributed by atoms with E-state index in [1.807, 2.05) is 18.2 Å². The zero-order valence-corrected chi connectivity index (χ0v) is 19.6. The van der Waals surface area contributed by atoms with E-state index in [2.05, 4.69) is 54.9 Å². The average Bonchev–Trinajstić information content (AvgIpc) is 2.70. The standard InChI is InChI=1S/C21H36N4O3Si/c1-21(2,3)29(5,6)28-15-16-10-12-25(13-11-16)18-9-7-8-17(14-18)19(26)23-24-20(27)22-4/h7-9,14,16H,10-13,15H2,1-6H3,(H,23,26)(H2,22,24,27). The molecule has 0 aromatic heterocycles. The largest absolute Gasteiger partial charge is 0.417 e. The third-order valence-corrected chi connectivity index (χ3v) is 10.6. The summed E-state index contributed by atoms with van der Waals surface area (Å²) in [5.41, 5.74) is 6.24. The molecule has 1 aliphatic heterocycles. The van der Waals surface area contributed by atoms with Crippen molar-refractivity contribution in [3.05, 3.63) is 29.8 Å². The van der Waals surface area contributed by atoms with Gasteiger partial charge in [-0.1, -0.05) is 26.8 Å². The van der Waals surface area contributed by atoms with Gasteiger partial charge in [-0.15, -0.1) is 0 Å². The molecule has 0 unspecified atom stereocenters. The van der Waals surface area contributed by atoms with Gasteiger partial charge in [0.25, 0.3) is 5.91 Å². The quantitative estimate of drug-likeness (QED) is 0.503. The Hall–Kier alpha value is -2.06. The summed E-state index contributed by atoms with van der Waals surface area (Å²) in [6.07, 6.45) is 2.17. The first kappa shape index (κ1) is 23.2. The Morgan fingerprint density at radius 2 is 1.83 bits per heavy atom. The van der Waals surface area contributed by atoms with Gasteiger partial charge in [-0.2, -0.15) is 0 Å². The monoisotopic (exact) mass is 420 g/mol. The van der Waals surface area contributed by atoms with Crippen LogP contribution in [0.15, 0.2) is 24.3 Å². The normalized spacial score (nSPS) is 15.7. The summed E-state index contributed by atoms with van der Waals surface area (Å²) >= 11 is 0. The van der Waals surface area contributed by atoms with Crippen LogP contribution in [0.2, 0.25) is 18.1 Å². The van der Waals surface area contributed by atoms with Crippen molar-refractivity contribution >= 4 is 25.9 Å². The molecule has 7 nitrogen and oxygen atoms in total. The van der Waals surface area contributed by atoms with Crippen molar-refractivity contribution in [1.29, 1.82) is 0 Å². The van der Waals surface area contributed by atoms with E-state index in [1.165, 1.54) is 7.05 Å². The van der Waals surface area contributed by atoms with Crippen molar-refractivity contribution in [2.45, 2.75) is 51.7 Å². The van der Waals surface area contributed by atoms with Crippen LogP contribution in [-0.2, 0) is 4.43 Å². The molecule has 8 heteroatoms. The first-order valence-electron chi connectivity index (χ1n) is 10.3. The van der Waals surface area contributed by atoms with Crippen LogP contribution in [-0.4, -0.2) is 47.0 Å². The number of nitrogens with zero attached hydrogens (tertiary/aromatic N) is 1. The van der Waals surface area contributed by atoms with E-state index in [0.717, 1.165) is 38.2 Å². The molecule has 1 aromatic rings. The Bertz CT molecular complexity index is 710. The average molecular weight is 421 g/mol. The maximum absolute atomic E-state index is 12.2. The van der Waals surface area contributed by atoms with Gasteiger partial charge in [-0.05, 0) is 55.1 Å². The van der Waals surface area contributed by atoms with E-state index in [1.54, 1.807) is 6.07 Å². The van der Waals surface area contributed by atoms with Gasteiger partial charge in [-0.3, -0.25) is 10.2 Å². The number of benzene rings is 1. The van der Waals surface area contributed by atoms with Crippen molar-refractivity contribution < 1.29 is 14.0 Å². The van der Waals surface area contributed by atoms with Gasteiger partial charge in [0, 0.05) is 38.0 Å². The summed E-state index contributed by atoms with van der Waals surface area (Å²) in [4.78, 5) is 25.7. The molecule has 3 amide bonds. The van der Waals surface area contributed by atoms with Crippen LogP contribution in [0.3, 0.4) is 0 Å². The third-order valence-electron chi connectivity index (χ3n) is 6.09. The summed E-state index contributed by atoms with van der Waals surface area (Å²) in [7, 11) is -0.212. The first-order valence-corrected chi connectivity index (χ1v) is 13.2. The topological polar surface area (TPSA) is 82.7 Å². The molecule has 29 heavy (non-hydrogen) atoms. The maximum Gasteiger partial charge on any atom is 0.333 e. The van der Waals surface area contributed by atoms with Crippen LogP contribution in [0.25, 0.3) is 0 Å². The Labute approximate surface area is 175 Å². The predicted octanol–water partition coefficient (Wildman–Crippen LogP) is 3.50. The van der Waals surface area contributed by atoms with E-state index in [4.69, 9.17) is 4.43 Å². The van der Waals surface area contributed by atoms with E-state index in [9.17, 15) is 9.59 Å². The SMILES string of the molecule is CNC(=O)NNC(=O)c1cccc(N2CCC(CO[Si](C)(C)C(C)(C)C)CC2)c1. The Morgan fingerprint density at radius 1 is 1.17 bits per heavy atom. The van der Waals surface area contributed by atoms with Crippen LogP contribution in [0.5, 0.6) is 0 Å². The van der Waals surface area contributed by atoms with Gasteiger partial charge >= 0.3 is 6.03 Å². The van der Waals surface area contributed by atoms with Crippen molar-refractivity contribution in [2.24, 2.45) is 5.92 Å². The van der Waals surface area contributed by atoms with E-state index < -0.39 is 14.3 Å². The van der Waals surface area contributed by atoms with E-state index >= 15 is 0 Å². The lowest BCUT2D eigenvalue weighted by Gasteiger charge is -2.39. The molecule has 1 heterocycles. The van der Waals surface area contributed by atoms with Gasteiger partial charge in [-0.25, -0.2) is 10.2 Å². The number of anilines is 1. The highest BCUT2D eigenvalue weighted by molar-refractivity contribution is 6.74. The zero-order valence-electron chi connectivity index (χ0n) is 18.6. The van der Waals surface area contributed by atoms with Crippen molar-refractivity contribution in [3.63, 3.8) is 0 Å². The number of hydrogen-bond acceptors (Lipinski definition) is 4. The summed E-state index contributed by atoms with van der Waals surface area (Å²) in [5, 5.41) is 2.62. The number of urea groups is 1. The third kappa shape index (κ3) is 6.47. The van der Waals surface area contributed by atoms with Crippen LogP contribution >= 0.6 is 0 Å². The number of hydrogen-bond donors (Lipinski definition) is 3. The minimum Gasteiger partial charge on any atom is -0.417 e. The number of piperidine rings is 1. The highest BCUT2D eigenvalue weighted by atomic mass is 28.4. The van der Waals surface area contributed by atoms with Crippen LogP contribution < -0.4 is 21.1 Å². The second-order valence-corrected chi connectivity index (χ2v) is 14.0. The molecule has 1 aliphatic rings. The van der Waals surface area contributed by atoms with Gasteiger partial charge < -0.3 is 14.6 Å². The Kier molecular flexibility index (Phi) is 7.71. The van der Waals surface area contributed by atoms with Crippen molar-refractivity contribution in [2.75, 3.05) is 31.6 Å². The summed E-state index contributed by atoms with van der Waals surface area (Å²) in [6.45, 7) is 14.2. The maximum atomic E-state index is 12.2. The highest BCUT2D eigenvalue weighted by Crippen LogP contribution is 2.37. The summed E-state index contributed by atoms with van der Waals surface area (Å²) < 4.78 is 6.41. The summed E-state index contributed by atoms with van der Waals surface area (Å²) in [6, 6.07) is 7.04. The lowest BCUT2D eigenvalue weighted by atomic mass is 9.97. The second-order valence-electron chi connectivity index (χ2n) is 9.21. The number of hydrazine groups is 1.